The Labute approximate surface area is 309 Å². The Morgan fingerprint density at radius 2 is 1.44 bits per heavy atom. The van der Waals surface area contributed by atoms with Crippen LogP contribution in [0.4, 0.5) is 0 Å². The number of hydrogen-bond donors (Lipinski definition) is 0. The van der Waals surface area contributed by atoms with Gasteiger partial charge in [-0.3, -0.25) is 24.0 Å². The zero-order valence-electron chi connectivity index (χ0n) is 32.7. The summed E-state index contributed by atoms with van der Waals surface area (Å²) in [4.78, 5) is 61.9. The second-order valence-corrected chi connectivity index (χ2v) is 18.0. The van der Waals surface area contributed by atoms with Gasteiger partial charge in [0.05, 0.1) is 6.10 Å². The molecule has 5 aliphatic carbocycles. The summed E-state index contributed by atoms with van der Waals surface area (Å²) in [5.41, 5.74) is 2.08. The molecule has 4 saturated carbocycles. The lowest BCUT2D eigenvalue weighted by atomic mass is 9.38. The number of rotatable bonds is 8. The minimum absolute atomic E-state index is 0.0370. The number of ether oxygens (including phenoxy) is 5. The molecule has 6 rings (SSSR count). The van der Waals surface area contributed by atoms with Crippen molar-refractivity contribution < 1.29 is 47.7 Å². The predicted octanol–water partition coefficient (Wildman–Crippen LogP) is 7.09. The van der Waals surface area contributed by atoms with Crippen LogP contribution in [0.2, 0.25) is 0 Å². The van der Waals surface area contributed by atoms with E-state index in [1.54, 1.807) is 5.57 Å². The summed E-state index contributed by atoms with van der Waals surface area (Å²) in [7, 11) is 0. The third-order valence-electron chi connectivity index (χ3n) is 15.1. The molecule has 0 radical (unpaired) electrons. The summed E-state index contributed by atoms with van der Waals surface area (Å²) >= 11 is 0. The van der Waals surface area contributed by atoms with Gasteiger partial charge in [0.15, 0.2) is 18.3 Å². The van der Waals surface area contributed by atoms with Gasteiger partial charge in [-0.25, -0.2) is 0 Å². The number of fused-ring (bicyclic) bond motifs is 7. The molecule has 0 N–H and O–H groups in total. The quantitative estimate of drug-likeness (QED) is 0.145. The van der Waals surface area contributed by atoms with Gasteiger partial charge in [0, 0.05) is 40.0 Å². The minimum atomic E-state index is -1.14. The Kier molecular flexibility index (Phi) is 11.1. The van der Waals surface area contributed by atoms with Crippen molar-refractivity contribution in [3.05, 3.63) is 11.6 Å². The first-order chi connectivity index (χ1) is 24.5. The first-order valence-corrected chi connectivity index (χ1v) is 20.0. The fourth-order valence-corrected chi connectivity index (χ4v) is 13.1. The van der Waals surface area contributed by atoms with Gasteiger partial charge in [0.2, 0.25) is 0 Å². The Morgan fingerprint density at radius 1 is 0.788 bits per heavy atom. The van der Waals surface area contributed by atoms with Gasteiger partial charge in [-0.1, -0.05) is 52.2 Å². The molecule has 1 aliphatic heterocycles. The lowest BCUT2D eigenvalue weighted by molar-refractivity contribution is -0.254. The number of hydrogen-bond acceptors (Lipinski definition) is 10. The Morgan fingerprint density at radius 3 is 2.10 bits per heavy atom. The molecular weight excluding hydrogens is 664 g/mol. The number of allylic oxidation sites excluding steroid dienone is 2. The molecule has 1 heterocycles. The van der Waals surface area contributed by atoms with Crippen molar-refractivity contribution >= 4 is 29.7 Å². The van der Waals surface area contributed by atoms with Crippen molar-refractivity contribution in [3.8, 4) is 0 Å². The molecule has 0 aromatic carbocycles. The van der Waals surface area contributed by atoms with E-state index in [4.69, 9.17) is 23.7 Å². The highest BCUT2D eigenvalue weighted by molar-refractivity contribution is 5.82. The van der Waals surface area contributed by atoms with Crippen molar-refractivity contribution in [3.63, 3.8) is 0 Å². The SMILES string of the molecule is CC(=O)OCC1OC(CCC23CCCC(C)C2C2=CCC4C(C)(CCC5C(C)C(=O)CCC54C)C2CC3)C(OC(C)=O)C(OC(C)=O)C1OC(C)=O. The highest BCUT2D eigenvalue weighted by Crippen LogP contribution is 2.70. The van der Waals surface area contributed by atoms with Gasteiger partial charge in [0.25, 0.3) is 0 Å². The van der Waals surface area contributed by atoms with Gasteiger partial charge in [-0.05, 0) is 104 Å². The Bertz CT molecular complexity index is 1450. The summed E-state index contributed by atoms with van der Waals surface area (Å²) in [6.07, 6.45) is 9.92. The number of carbonyl (C=O) groups excluding carboxylic acids is 5. The van der Waals surface area contributed by atoms with E-state index in [-0.39, 0.29) is 28.8 Å². The van der Waals surface area contributed by atoms with Crippen LogP contribution in [0, 0.1) is 51.8 Å². The zero-order chi connectivity index (χ0) is 37.7. The molecular formula is C42H62O10. The smallest absolute Gasteiger partial charge is 0.303 e. The van der Waals surface area contributed by atoms with Crippen LogP contribution in [-0.2, 0) is 47.7 Å². The first-order valence-electron chi connectivity index (χ1n) is 20.0. The summed E-state index contributed by atoms with van der Waals surface area (Å²) in [6, 6.07) is 0. The standard InChI is InChI=1S/C42H62O10/c1-23-10-9-17-42(20-14-31-29(36(23)42)11-12-35-40(7)19-15-32(47)24(2)30(40)13-18-41(31,35)8)21-16-33-37(49-26(4)44)39(51-28(6)46)38(50-27(5)45)34(52-33)22-48-25(3)43/h11,23-24,30-31,33-39H,9-10,12-22H2,1-8H3. The average molecular weight is 727 g/mol. The van der Waals surface area contributed by atoms with Crippen molar-refractivity contribution in [2.45, 2.75) is 163 Å². The third kappa shape index (κ3) is 6.99. The molecule has 14 unspecified atom stereocenters. The predicted molar refractivity (Wildman–Crippen MR) is 191 cm³/mol. The molecule has 52 heavy (non-hydrogen) atoms. The molecule has 290 valence electrons. The van der Waals surface area contributed by atoms with Crippen molar-refractivity contribution in [1.82, 2.24) is 0 Å². The van der Waals surface area contributed by atoms with E-state index in [9.17, 15) is 24.0 Å². The number of esters is 4. The second kappa shape index (κ2) is 14.8. The van der Waals surface area contributed by atoms with Crippen LogP contribution in [0.1, 0.15) is 132 Å². The van der Waals surface area contributed by atoms with Gasteiger partial charge in [-0.2, -0.15) is 0 Å². The topological polar surface area (TPSA) is 132 Å². The lowest BCUT2D eigenvalue weighted by Gasteiger charge is -2.66. The molecule has 5 fully saturated rings. The molecule has 1 saturated heterocycles. The van der Waals surface area contributed by atoms with Gasteiger partial charge < -0.3 is 23.7 Å². The summed E-state index contributed by atoms with van der Waals surface area (Å²) in [5, 5.41) is 0. The molecule has 0 aromatic rings. The zero-order valence-corrected chi connectivity index (χ0v) is 32.7. The van der Waals surface area contributed by atoms with E-state index in [2.05, 4.69) is 33.8 Å². The third-order valence-corrected chi connectivity index (χ3v) is 15.1. The van der Waals surface area contributed by atoms with Crippen LogP contribution in [0.3, 0.4) is 0 Å². The number of Topliss-reactive ketones (excluding diaryl/α,β-unsaturated/α-hetero) is 1. The molecule has 0 amide bonds. The van der Waals surface area contributed by atoms with Crippen LogP contribution in [0.25, 0.3) is 0 Å². The summed E-state index contributed by atoms with van der Waals surface area (Å²) in [5.74, 6) is 0.820. The average Bonchev–Trinajstić information content (AvgIpc) is 3.06. The highest BCUT2D eigenvalue weighted by atomic mass is 16.7. The van der Waals surface area contributed by atoms with E-state index in [1.807, 2.05) is 0 Å². The van der Waals surface area contributed by atoms with Crippen molar-refractivity contribution in [1.29, 1.82) is 0 Å². The van der Waals surface area contributed by atoms with E-state index in [0.717, 1.165) is 51.4 Å². The molecule has 0 bridgehead atoms. The molecule has 0 aromatic heterocycles. The van der Waals surface area contributed by atoms with Crippen LogP contribution >= 0.6 is 0 Å². The van der Waals surface area contributed by atoms with Crippen molar-refractivity contribution in [2.75, 3.05) is 6.61 Å². The minimum Gasteiger partial charge on any atom is -0.463 e. The molecule has 0 spiro atoms. The maximum absolute atomic E-state index is 12.8. The highest BCUT2D eigenvalue weighted by Gasteiger charge is 2.63. The Balaban J connectivity index is 1.30. The summed E-state index contributed by atoms with van der Waals surface area (Å²) < 4.78 is 29.1. The molecule has 6 aliphatic rings. The monoisotopic (exact) mass is 726 g/mol. The van der Waals surface area contributed by atoms with Crippen LogP contribution in [-0.4, -0.2) is 66.8 Å². The normalized spacial score (nSPS) is 44.0. The van der Waals surface area contributed by atoms with Crippen molar-refractivity contribution in [2.24, 2.45) is 51.8 Å². The fourth-order valence-electron chi connectivity index (χ4n) is 13.1. The van der Waals surface area contributed by atoms with E-state index in [0.29, 0.717) is 48.2 Å². The fraction of sp³-hybridized carbons (Fsp3) is 0.833. The maximum atomic E-state index is 12.8. The number of carbonyl (C=O) groups is 5. The number of ketones is 1. The largest absolute Gasteiger partial charge is 0.463 e. The van der Waals surface area contributed by atoms with Crippen LogP contribution in [0.5, 0.6) is 0 Å². The second-order valence-electron chi connectivity index (χ2n) is 18.0. The molecule has 10 nitrogen and oxygen atoms in total. The maximum Gasteiger partial charge on any atom is 0.303 e. The van der Waals surface area contributed by atoms with Gasteiger partial charge >= 0.3 is 23.9 Å². The summed E-state index contributed by atoms with van der Waals surface area (Å²) in [6.45, 7) is 14.6. The molecule has 10 heteroatoms. The Hall–Kier alpha value is -2.75. The van der Waals surface area contributed by atoms with Crippen LogP contribution in [0.15, 0.2) is 11.6 Å². The van der Waals surface area contributed by atoms with Gasteiger partial charge in [-0.15, -0.1) is 0 Å². The molecule has 14 atom stereocenters. The van der Waals surface area contributed by atoms with Crippen LogP contribution < -0.4 is 0 Å². The first kappa shape index (κ1) is 39.0. The van der Waals surface area contributed by atoms with E-state index in [1.165, 1.54) is 40.5 Å². The lowest BCUT2D eigenvalue weighted by Crippen LogP contribution is -2.62. The van der Waals surface area contributed by atoms with E-state index < -0.39 is 54.4 Å². The van der Waals surface area contributed by atoms with Gasteiger partial charge in [0.1, 0.15) is 18.5 Å². The van der Waals surface area contributed by atoms with E-state index >= 15 is 0 Å².